The minimum Gasteiger partial charge on any atom is -0.494 e. The number of nitrogens with one attached hydrogen (secondary N) is 1. The van der Waals surface area contributed by atoms with E-state index in [1.54, 1.807) is 66.7 Å². The Bertz CT molecular complexity index is 1230. The van der Waals surface area contributed by atoms with Gasteiger partial charge in [0.15, 0.2) is 18.1 Å². The topological polar surface area (TPSA) is 105 Å². The maximum absolute atomic E-state index is 12.6. The highest BCUT2D eigenvalue weighted by Gasteiger charge is 2.13. The van der Waals surface area contributed by atoms with Crippen molar-refractivity contribution in [2.75, 3.05) is 26.4 Å². The second-order valence-electron chi connectivity index (χ2n) is 8.24. The standard InChI is InChI=1S/C30H34N2O7/c1-4-7-18-37-25-13-15-26(16-14-25)38-21-29(33)32-31-20-22-8-17-27(28(19-22)36-6-3)39-30(34)23-9-11-24(12-10-23)35-5-2/h8-17,19-20H,4-7,18,21H2,1-3H3,(H,32,33). The molecule has 39 heavy (non-hydrogen) atoms. The van der Waals surface area contributed by atoms with Crippen molar-refractivity contribution < 1.29 is 33.3 Å². The molecule has 3 aromatic carbocycles. The van der Waals surface area contributed by atoms with Gasteiger partial charge >= 0.3 is 5.97 Å². The van der Waals surface area contributed by atoms with Crippen molar-refractivity contribution >= 4 is 18.1 Å². The van der Waals surface area contributed by atoms with Crippen LogP contribution in [0.1, 0.15) is 49.5 Å². The fraction of sp³-hybridized carbons (Fsp3) is 0.300. The summed E-state index contributed by atoms with van der Waals surface area (Å²) in [6.45, 7) is 7.20. The van der Waals surface area contributed by atoms with Crippen molar-refractivity contribution in [1.82, 2.24) is 5.43 Å². The molecule has 0 unspecified atom stereocenters. The number of amides is 1. The van der Waals surface area contributed by atoms with Crippen molar-refractivity contribution in [2.45, 2.75) is 33.6 Å². The first-order valence-electron chi connectivity index (χ1n) is 12.9. The average molecular weight is 535 g/mol. The van der Waals surface area contributed by atoms with E-state index < -0.39 is 11.9 Å². The predicted molar refractivity (Wildman–Crippen MR) is 148 cm³/mol. The molecular formula is C30H34N2O7. The summed E-state index contributed by atoms with van der Waals surface area (Å²) in [5.41, 5.74) is 3.45. The zero-order valence-corrected chi connectivity index (χ0v) is 22.5. The van der Waals surface area contributed by atoms with Gasteiger partial charge in [0.1, 0.15) is 17.2 Å². The van der Waals surface area contributed by atoms with Crippen LogP contribution in [0, 0.1) is 0 Å². The molecule has 0 aliphatic rings. The van der Waals surface area contributed by atoms with E-state index in [0.717, 1.165) is 18.6 Å². The lowest BCUT2D eigenvalue weighted by Crippen LogP contribution is -2.24. The van der Waals surface area contributed by atoms with Crippen LogP contribution in [0.2, 0.25) is 0 Å². The average Bonchev–Trinajstić information content (AvgIpc) is 2.95. The molecule has 9 nitrogen and oxygen atoms in total. The van der Waals surface area contributed by atoms with Gasteiger partial charge in [-0.1, -0.05) is 13.3 Å². The van der Waals surface area contributed by atoms with E-state index in [9.17, 15) is 9.59 Å². The minimum absolute atomic E-state index is 0.196. The minimum atomic E-state index is -0.522. The molecule has 3 aromatic rings. The van der Waals surface area contributed by atoms with Crippen molar-refractivity contribution in [3.05, 3.63) is 77.9 Å². The van der Waals surface area contributed by atoms with Gasteiger partial charge in [-0.3, -0.25) is 4.79 Å². The third kappa shape index (κ3) is 9.70. The number of hydrogen-bond donors (Lipinski definition) is 1. The zero-order chi connectivity index (χ0) is 27.9. The van der Waals surface area contributed by atoms with Crippen LogP contribution in [0.15, 0.2) is 71.8 Å². The predicted octanol–water partition coefficient (Wildman–Crippen LogP) is 5.41. The maximum atomic E-state index is 12.6. The highest BCUT2D eigenvalue weighted by Crippen LogP contribution is 2.29. The molecular weight excluding hydrogens is 500 g/mol. The summed E-state index contributed by atoms with van der Waals surface area (Å²) in [6.07, 6.45) is 3.52. The molecule has 0 atom stereocenters. The fourth-order valence-electron chi connectivity index (χ4n) is 3.30. The van der Waals surface area contributed by atoms with Crippen LogP contribution in [0.3, 0.4) is 0 Å². The largest absolute Gasteiger partial charge is 0.494 e. The van der Waals surface area contributed by atoms with Crippen molar-refractivity contribution in [3.63, 3.8) is 0 Å². The highest BCUT2D eigenvalue weighted by molar-refractivity contribution is 5.92. The van der Waals surface area contributed by atoms with E-state index in [1.807, 2.05) is 13.8 Å². The molecule has 0 aliphatic carbocycles. The Morgan fingerprint density at radius 3 is 2.08 bits per heavy atom. The summed E-state index contributed by atoms with van der Waals surface area (Å²) >= 11 is 0. The third-order valence-electron chi connectivity index (χ3n) is 5.23. The molecule has 1 amide bonds. The van der Waals surface area contributed by atoms with Crippen LogP contribution < -0.4 is 29.1 Å². The van der Waals surface area contributed by atoms with Crippen LogP contribution in [-0.2, 0) is 4.79 Å². The lowest BCUT2D eigenvalue weighted by molar-refractivity contribution is -0.123. The molecule has 0 spiro atoms. The number of unbranched alkanes of at least 4 members (excludes halogenated alkanes) is 1. The second-order valence-corrected chi connectivity index (χ2v) is 8.24. The van der Waals surface area contributed by atoms with Crippen molar-refractivity contribution in [1.29, 1.82) is 0 Å². The van der Waals surface area contributed by atoms with Crippen molar-refractivity contribution in [3.8, 4) is 28.7 Å². The van der Waals surface area contributed by atoms with Gasteiger partial charge in [-0.15, -0.1) is 0 Å². The lowest BCUT2D eigenvalue weighted by Gasteiger charge is -2.11. The molecule has 0 fully saturated rings. The lowest BCUT2D eigenvalue weighted by atomic mass is 10.2. The molecule has 206 valence electrons. The maximum Gasteiger partial charge on any atom is 0.343 e. The summed E-state index contributed by atoms with van der Waals surface area (Å²) < 4.78 is 27.7. The van der Waals surface area contributed by atoms with E-state index in [4.69, 9.17) is 23.7 Å². The molecule has 0 saturated heterocycles. The normalized spacial score (nSPS) is 10.6. The van der Waals surface area contributed by atoms with E-state index in [0.29, 0.717) is 48.2 Å². The Morgan fingerprint density at radius 2 is 1.41 bits per heavy atom. The SMILES string of the molecule is CCCCOc1ccc(OCC(=O)NN=Cc2ccc(OC(=O)c3ccc(OCC)cc3)c(OCC)c2)cc1. The number of esters is 1. The van der Waals surface area contributed by atoms with E-state index in [2.05, 4.69) is 17.5 Å². The molecule has 0 aromatic heterocycles. The zero-order valence-electron chi connectivity index (χ0n) is 22.5. The first-order chi connectivity index (χ1) is 19.0. The smallest absolute Gasteiger partial charge is 0.343 e. The van der Waals surface area contributed by atoms with Crippen LogP contribution in [0.5, 0.6) is 28.7 Å². The summed E-state index contributed by atoms with van der Waals surface area (Å²) in [7, 11) is 0. The summed E-state index contributed by atoms with van der Waals surface area (Å²) in [6, 6.07) is 18.8. The molecule has 0 saturated carbocycles. The van der Waals surface area contributed by atoms with Gasteiger partial charge in [-0.05, 0) is 92.6 Å². The molecule has 0 aliphatic heterocycles. The van der Waals surface area contributed by atoms with Crippen LogP contribution >= 0.6 is 0 Å². The van der Waals surface area contributed by atoms with Gasteiger partial charge < -0.3 is 23.7 Å². The van der Waals surface area contributed by atoms with Gasteiger partial charge in [-0.25, -0.2) is 10.2 Å². The number of hydrogen-bond acceptors (Lipinski definition) is 8. The van der Waals surface area contributed by atoms with Gasteiger partial charge in [-0.2, -0.15) is 5.10 Å². The monoisotopic (exact) mass is 534 g/mol. The summed E-state index contributed by atoms with van der Waals surface area (Å²) in [5.74, 6) is 1.69. The number of hydrazone groups is 1. The number of nitrogens with zero attached hydrogens (tertiary/aromatic N) is 1. The summed E-state index contributed by atoms with van der Waals surface area (Å²) in [5, 5.41) is 3.97. The number of ether oxygens (including phenoxy) is 5. The molecule has 0 radical (unpaired) electrons. The third-order valence-corrected chi connectivity index (χ3v) is 5.23. The van der Waals surface area contributed by atoms with Crippen molar-refractivity contribution in [2.24, 2.45) is 5.10 Å². The Balaban J connectivity index is 1.51. The van der Waals surface area contributed by atoms with Gasteiger partial charge in [0.2, 0.25) is 0 Å². The van der Waals surface area contributed by atoms with E-state index in [-0.39, 0.29) is 12.4 Å². The first kappa shape index (κ1) is 29.0. The molecule has 0 bridgehead atoms. The molecule has 0 heterocycles. The number of carbonyl (C=O) groups is 2. The highest BCUT2D eigenvalue weighted by atomic mass is 16.6. The number of carbonyl (C=O) groups excluding carboxylic acids is 2. The van der Waals surface area contributed by atoms with Gasteiger partial charge in [0.05, 0.1) is 31.6 Å². The van der Waals surface area contributed by atoms with Crippen LogP contribution in [0.4, 0.5) is 0 Å². The second kappa shape index (κ2) is 15.7. The molecule has 3 rings (SSSR count). The number of benzene rings is 3. The fourth-order valence-corrected chi connectivity index (χ4v) is 3.30. The Hall–Kier alpha value is -4.53. The Morgan fingerprint density at radius 1 is 0.769 bits per heavy atom. The Labute approximate surface area is 228 Å². The molecule has 1 N–H and O–H groups in total. The molecule has 9 heteroatoms. The van der Waals surface area contributed by atoms with Crippen LogP contribution in [0.25, 0.3) is 0 Å². The van der Waals surface area contributed by atoms with E-state index in [1.165, 1.54) is 6.21 Å². The van der Waals surface area contributed by atoms with E-state index >= 15 is 0 Å². The van der Waals surface area contributed by atoms with Gasteiger partial charge in [0.25, 0.3) is 5.91 Å². The number of rotatable bonds is 15. The summed E-state index contributed by atoms with van der Waals surface area (Å²) in [4.78, 5) is 24.7. The van der Waals surface area contributed by atoms with Gasteiger partial charge in [0, 0.05) is 0 Å². The quantitative estimate of drug-likeness (QED) is 0.0914. The first-order valence-corrected chi connectivity index (χ1v) is 12.9. The Kier molecular flexibility index (Phi) is 11.7. The van der Waals surface area contributed by atoms with Crippen LogP contribution in [-0.4, -0.2) is 44.5 Å².